The molecule has 4 aliphatic rings. The number of aliphatic hydroxyl groups is 4. The molecule has 2 saturated heterocycles. The largest absolute Gasteiger partial charge is 0.458 e. The van der Waals surface area contributed by atoms with Gasteiger partial charge in [0.05, 0.1) is 24.4 Å². The lowest BCUT2D eigenvalue weighted by Gasteiger charge is -2.42. The normalized spacial score (nSPS) is 38.7. The number of cyclic esters (lactones) is 1. The van der Waals surface area contributed by atoms with Gasteiger partial charge in [-0.15, -0.1) is 0 Å². The monoisotopic (exact) mass is 972 g/mol. The number of carbonyl (C=O) groups is 6. The van der Waals surface area contributed by atoms with Crippen LogP contribution in [0.4, 0.5) is 0 Å². The maximum absolute atomic E-state index is 14.4. The second-order valence-corrected chi connectivity index (χ2v) is 20.2. The first kappa shape index (κ1) is 57.8. The van der Waals surface area contributed by atoms with E-state index in [0.29, 0.717) is 56.9 Å². The van der Waals surface area contributed by atoms with Crippen molar-refractivity contribution in [2.24, 2.45) is 35.5 Å². The van der Waals surface area contributed by atoms with Crippen LogP contribution in [0, 0.1) is 35.5 Å². The van der Waals surface area contributed by atoms with Crippen molar-refractivity contribution in [3.63, 3.8) is 0 Å². The Labute approximate surface area is 408 Å². The molecule has 4 N–H and O–H groups in total. The highest BCUT2D eigenvalue weighted by Gasteiger charge is 2.53. The zero-order chi connectivity index (χ0) is 51.2. The van der Waals surface area contributed by atoms with Crippen LogP contribution in [0.5, 0.6) is 0 Å². The van der Waals surface area contributed by atoms with Gasteiger partial charge in [-0.3, -0.25) is 24.0 Å². The number of amides is 1. The highest BCUT2D eigenvalue weighted by molar-refractivity contribution is 6.39. The number of carbonyl (C=O) groups excluding carboxylic acids is 6. The molecule has 1 aliphatic carbocycles. The van der Waals surface area contributed by atoms with Gasteiger partial charge in [0.1, 0.15) is 35.9 Å². The summed E-state index contributed by atoms with van der Waals surface area (Å²) < 4.78 is 29.2. The summed E-state index contributed by atoms with van der Waals surface area (Å²) >= 11 is 0. The highest BCUT2D eigenvalue weighted by Crippen LogP contribution is 2.38. The van der Waals surface area contributed by atoms with Gasteiger partial charge < -0.3 is 49.0 Å². The average Bonchev–Trinajstić information content (AvgIpc) is 3.32. The number of ether oxygens (including phenoxy) is 5. The standard InChI is InChI=1S/C53H81NO15/c1-31-15-11-10-12-16-32(2)44(65-7)29-38-20-18-36(6)53(64,69-38)50(61)51(62)54-23-14-13-17-40(54)52(63)68-46(43(58)27-37-19-21-39(41(56)22-24-55)45(28-37)66-8)30-42(57)33(3)26-35(5)48(60)49(67-9)47(59)34(4)25-31/h10-12,15-16,26,31,33-34,36-40,43-46,48-49,55,58,60,64H,13-14,17-25,27-30H2,1-9H3/b12-10+,15-11+,32-16+,35-26+/t31-,33-,34-,36-,37+,38+,39+,40+,43?,44+,45-,46+,48-,49+,53-/m1/s1. The van der Waals surface area contributed by atoms with E-state index in [4.69, 9.17) is 23.7 Å². The summed E-state index contributed by atoms with van der Waals surface area (Å²) in [6, 6.07) is -1.28. The van der Waals surface area contributed by atoms with Crippen LogP contribution in [0.2, 0.25) is 0 Å². The molecule has 1 amide bonds. The number of hydrogen-bond acceptors (Lipinski definition) is 15. The van der Waals surface area contributed by atoms with Gasteiger partial charge in [0.15, 0.2) is 5.78 Å². The number of esters is 1. The van der Waals surface area contributed by atoms with Crippen LogP contribution in [-0.4, -0.2) is 149 Å². The number of hydrogen-bond donors (Lipinski definition) is 4. The molecule has 0 aromatic rings. The van der Waals surface area contributed by atoms with Gasteiger partial charge in [-0.2, -0.15) is 0 Å². The van der Waals surface area contributed by atoms with Crippen molar-refractivity contribution in [1.82, 2.24) is 4.90 Å². The van der Waals surface area contributed by atoms with Crippen molar-refractivity contribution < 1.29 is 72.9 Å². The predicted octanol–water partition coefficient (Wildman–Crippen LogP) is 5.11. The Morgan fingerprint density at radius 2 is 1.61 bits per heavy atom. The zero-order valence-corrected chi connectivity index (χ0v) is 42.4. The summed E-state index contributed by atoms with van der Waals surface area (Å²) in [5, 5.41) is 44.7. The fraction of sp³-hybridized carbons (Fsp3) is 0.736. The van der Waals surface area contributed by atoms with Gasteiger partial charge in [-0.1, -0.05) is 64.2 Å². The molecule has 0 radical (unpaired) electrons. The van der Waals surface area contributed by atoms with E-state index in [1.54, 1.807) is 34.8 Å². The van der Waals surface area contributed by atoms with Crippen molar-refractivity contribution in [2.75, 3.05) is 34.5 Å². The van der Waals surface area contributed by atoms with E-state index in [1.165, 1.54) is 20.3 Å². The van der Waals surface area contributed by atoms with E-state index in [-0.39, 0.29) is 62.2 Å². The maximum atomic E-state index is 14.4. The molecule has 4 rings (SSSR count). The quantitative estimate of drug-likeness (QED) is 0.134. The SMILES string of the molecule is CO[C@H]1C[C@@H]2CC[C@@H](C)[C@@](O)(O2)C(=O)C(=O)N2CCCC[C@H]2C(=O)O[C@H](C(O)C[C@@H]2CC[C@@H](C(=O)CCO)[C@H](OC)C2)CC(=O)[C@H](C)/C=C(\C)[C@@H](O)[C@@H](OC)C(=O)[C@H](C)C[C@H](C)/C=C/C=C/C=C/1C. The molecular weight excluding hydrogens is 891 g/mol. The Morgan fingerprint density at radius 1 is 0.884 bits per heavy atom. The van der Waals surface area contributed by atoms with Crippen molar-refractivity contribution >= 4 is 35.0 Å². The lowest BCUT2D eigenvalue weighted by Crippen LogP contribution is -2.61. The minimum Gasteiger partial charge on any atom is -0.458 e. The van der Waals surface area contributed by atoms with Gasteiger partial charge in [-0.25, -0.2) is 4.79 Å². The second-order valence-electron chi connectivity index (χ2n) is 20.2. The smallest absolute Gasteiger partial charge is 0.329 e. The molecule has 0 aromatic heterocycles. The van der Waals surface area contributed by atoms with Crippen LogP contribution in [-0.2, 0) is 52.5 Å². The van der Waals surface area contributed by atoms with Gasteiger partial charge in [0.2, 0.25) is 5.79 Å². The van der Waals surface area contributed by atoms with Crippen molar-refractivity contribution in [3.05, 3.63) is 47.6 Å². The molecule has 16 heteroatoms. The van der Waals surface area contributed by atoms with Crippen LogP contribution < -0.4 is 0 Å². The maximum Gasteiger partial charge on any atom is 0.329 e. The third kappa shape index (κ3) is 15.4. The van der Waals surface area contributed by atoms with E-state index >= 15 is 0 Å². The minimum absolute atomic E-state index is 0.00230. The number of rotatable bonds is 9. The first-order valence-electron chi connectivity index (χ1n) is 25.0. The number of allylic oxidation sites excluding steroid dienone is 6. The third-order valence-corrected chi connectivity index (χ3v) is 14.9. The van der Waals surface area contributed by atoms with E-state index in [1.807, 2.05) is 44.2 Å². The summed E-state index contributed by atoms with van der Waals surface area (Å²) in [6.45, 7) is 10.2. The van der Waals surface area contributed by atoms with Gasteiger partial charge in [0.25, 0.3) is 11.7 Å². The molecule has 0 aromatic carbocycles. The molecule has 0 spiro atoms. The lowest BCUT2D eigenvalue weighted by molar-refractivity contribution is -0.265. The first-order valence-corrected chi connectivity index (χ1v) is 25.0. The van der Waals surface area contributed by atoms with Crippen molar-refractivity contribution in [3.8, 4) is 0 Å². The lowest BCUT2D eigenvalue weighted by atomic mass is 9.75. The van der Waals surface area contributed by atoms with E-state index in [0.717, 1.165) is 10.5 Å². The number of piperidine rings is 1. The Bertz CT molecular complexity index is 1890. The van der Waals surface area contributed by atoms with E-state index in [2.05, 4.69) is 0 Å². The van der Waals surface area contributed by atoms with Gasteiger partial charge in [-0.05, 0) is 101 Å². The Balaban J connectivity index is 1.70. The van der Waals surface area contributed by atoms with Gasteiger partial charge in [0, 0.05) is 77.4 Å². The van der Waals surface area contributed by atoms with Gasteiger partial charge >= 0.3 is 5.97 Å². The molecule has 69 heavy (non-hydrogen) atoms. The number of aliphatic hydroxyl groups excluding tert-OH is 3. The number of ketones is 4. The topological polar surface area (TPSA) is 233 Å². The third-order valence-electron chi connectivity index (χ3n) is 14.9. The predicted molar refractivity (Wildman–Crippen MR) is 256 cm³/mol. The van der Waals surface area contributed by atoms with E-state index in [9.17, 15) is 49.2 Å². The Morgan fingerprint density at radius 3 is 2.28 bits per heavy atom. The van der Waals surface area contributed by atoms with Crippen LogP contribution in [0.3, 0.4) is 0 Å². The Kier molecular flexibility index (Phi) is 22.8. The molecule has 1 saturated carbocycles. The van der Waals surface area contributed by atoms with Crippen molar-refractivity contribution in [2.45, 2.75) is 180 Å². The van der Waals surface area contributed by atoms with Crippen LogP contribution in [0.25, 0.3) is 0 Å². The summed E-state index contributed by atoms with van der Waals surface area (Å²) in [7, 11) is 4.40. The zero-order valence-electron chi connectivity index (χ0n) is 42.4. The molecule has 15 atom stereocenters. The van der Waals surface area contributed by atoms with Crippen LogP contribution in [0.15, 0.2) is 47.6 Å². The average molecular weight is 972 g/mol. The number of fused-ring (bicyclic) bond motifs is 3. The minimum atomic E-state index is -2.49. The molecule has 3 aliphatic heterocycles. The fourth-order valence-corrected chi connectivity index (χ4v) is 10.5. The van der Waals surface area contributed by atoms with Crippen LogP contribution >= 0.6 is 0 Å². The summed E-state index contributed by atoms with van der Waals surface area (Å²) in [6.07, 6.45) is 7.68. The summed E-state index contributed by atoms with van der Waals surface area (Å²) in [4.78, 5) is 84.5. The van der Waals surface area contributed by atoms with Crippen LogP contribution in [0.1, 0.15) is 125 Å². The molecular formula is C53H81NO15. The molecule has 3 fully saturated rings. The number of Topliss-reactive ketones (excluding diaryl/α,β-unsaturated/α-hetero) is 4. The van der Waals surface area contributed by atoms with Crippen molar-refractivity contribution in [1.29, 1.82) is 0 Å². The molecule has 2 bridgehead atoms. The number of nitrogens with zero attached hydrogens (tertiary/aromatic N) is 1. The fourth-order valence-electron chi connectivity index (χ4n) is 10.5. The number of methoxy groups -OCH3 is 3. The highest BCUT2D eigenvalue weighted by atomic mass is 16.6. The van der Waals surface area contributed by atoms with E-state index < -0.39 is 108 Å². The summed E-state index contributed by atoms with van der Waals surface area (Å²) in [5.41, 5.74) is 1.16. The second kappa shape index (κ2) is 27.2. The molecule has 16 nitrogen and oxygen atoms in total. The molecule has 1 unspecified atom stereocenters. The Hall–Kier alpha value is -3.74. The molecule has 388 valence electrons. The molecule has 3 heterocycles. The first-order chi connectivity index (χ1) is 32.7. The summed E-state index contributed by atoms with van der Waals surface area (Å²) in [5.74, 6) is -9.36.